The normalized spacial score (nSPS) is 10.6. The fourth-order valence-electron chi connectivity index (χ4n) is 1.72. The van der Waals surface area contributed by atoms with Gasteiger partial charge in [-0.1, -0.05) is 6.07 Å². The maximum absolute atomic E-state index is 11.3. The van der Waals surface area contributed by atoms with E-state index < -0.39 is 0 Å². The Labute approximate surface area is 88.1 Å². The first-order chi connectivity index (χ1) is 7.13. The Morgan fingerprint density at radius 3 is 2.73 bits per heavy atom. The molecule has 0 spiro atoms. The number of carbonyl (C=O) groups excluding carboxylic acids is 1. The SMILES string of the molecule is COC(=O)c1ccc2c(C)c(C)[nH]c2c1. The van der Waals surface area contributed by atoms with E-state index in [4.69, 9.17) is 0 Å². The maximum atomic E-state index is 11.3. The number of aromatic amines is 1. The third kappa shape index (κ3) is 1.50. The molecule has 15 heavy (non-hydrogen) atoms. The molecule has 3 nitrogen and oxygen atoms in total. The number of fused-ring (bicyclic) bond motifs is 1. The van der Waals surface area contributed by atoms with Crippen LogP contribution in [-0.4, -0.2) is 18.1 Å². The minimum absolute atomic E-state index is 0.304. The van der Waals surface area contributed by atoms with E-state index in [1.165, 1.54) is 12.7 Å². The molecular weight excluding hydrogens is 190 g/mol. The van der Waals surface area contributed by atoms with Crippen molar-refractivity contribution >= 4 is 16.9 Å². The van der Waals surface area contributed by atoms with Gasteiger partial charge in [-0.15, -0.1) is 0 Å². The van der Waals surface area contributed by atoms with Crippen molar-refractivity contribution in [1.82, 2.24) is 4.98 Å². The van der Waals surface area contributed by atoms with Crippen molar-refractivity contribution in [2.24, 2.45) is 0 Å². The van der Waals surface area contributed by atoms with Gasteiger partial charge in [-0.2, -0.15) is 0 Å². The molecule has 1 aromatic heterocycles. The predicted molar refractivity (Wildman–Crippen MR) is 59.1 cm³/mol. The highest BCUT2D eigenvalue weighted by molar-refractivity contribution is 5.95. The number of methoxy groups -OCH3 is 1. The first-order valence-electron chi connectivity index (χ1n) is 4.80. The average Bonchev–Trinajstić information content (AvgIpc) is 2.53. The summed E-state index contributed by atoms with van der Waals surface area (Å²) in [6.45, 7) is 4.08. The fourth-order valence-corrected chi connectivity index (χ4v) is 1.72. The largest absolute Gasteiger partial charge is 0.465 e. The topological polar surface area (TPSA) is 42.1 Å². The van der Waals surface area contributed by atoms with Gasteiger partial charge in [-0.05, 0) is 31.5 Å². The molecule has 0 saturated heterocycles. The van der Waals surface area contributed by atoms with Crippen molar-refractivity contribution in [1.29, 1.82) is 0 Å². The smallest absolute Gasteiger partial charge is 0.337 e. The van der Waals surface area contributed by atoms with Crippen LogP contribution >= 0.6 is 0 Å². The highest BCUT2D eigenvalue weighted by Gasteiger charge is 2.09. The molecule has 2 aromatic rings. The van der Waals surface area contributed by atoms with Gasteiger partial charge in [0.15, 0.2) is 0 Å². The van der Waals surface area contributed by atoms with Crippen molar-refractivity contribution in [2.75, 3.05) is 7.11 Å². The van der Waals surface area contributed by atoms with Gasteiger partial charge >= 0.3 is 5.97 Å². The van der Waals surface area contributed by atoms with E-state index in [0.717, 1.165) is 16.6 Å². The molecule has 0 fully saturated rings. The molecule has 1 aromatic carbocycles. The minimum atomic E-state index is -0.304. The molecule has 0 bridgehead atoms. The first-order valence-corrected chi connectivity index (χ1v) is 4.80. The number of nitrogens with one attached hydrogen (secondary N) is 1. The Bertz CT molecular complexity index is 526. The van der Waals surface area contributed by atoms with Crippen molar-refractivity contribution in [3.63, 3.8) is 0 Å². The zero-order chi connectivity index (χ0) is 11.0. The first kappa shape index (κ1) is 9.77. The maximum Gasteiger partial charge on any atom is 0.337 e. The quantitative estimate of drug-likeness (QED) is 0.724. The number of carbonyl (C=O) groups is 1. The number of H-pyrrole nitrogens is 1. The number of hydrogen-bond donors (Lipinski definition) is 1. The molecule has 0 amide bonds. The molecule has 0 aliphatic rings. The van der Waals surface area contributed by atoms with Crippen molar-refractivity contribution in [3.05, 3.63) is 35.0 Å². The molecule has 1 N–H and O–H groups in total. The van der Waals surface area contributed by atoms with Crippen molar-refractivity contribution in [2.45, 2.75) is 13.8 Å². The van der Waals surface area contributed by atoms with Gasteiger partial charge in [0.25, 0.3) is 0 Å². The van der Waals surface area contributed by atoms with Gasteiger partial charge in [0, 0.05) is 16.6 Å². The van der Waals surface area contributed by atoms with Crippen LogP contribution < -0.4 is 0 Å². The van der Waals surface area contributed by atoms with E-state index in [1.54, 1.807) is 6.07 Å². The summed E-state index contributed by atoms with van der Waals surface area (Å²) in [5.74, 6) is -0.304. The Kier molecular flexibility index (Phi) is 2.23. The number of ether oxygens (including phenoxy) is 1. The number of benzene rings is 1. The van der Waals surface area contributed by atoms with E-state index in [0.29, 0.717) is 5.56 Å². The van der Waals surface area contributed by atoms with E-state index in [9.17, 15) is 4.79 Å². The van der Waals surface area contributed by atoms with E-state index in [2.05, 4.69) is 16.6 Å². The third-order valence-electron chi connectivity index (χ3n) is 2.73. The van der Waals surface area contributed by atoms with Gasteiger partial charge in [-0.3, -0.25) is 0 Å². The van der Waals surface area contributed by atoms with Crippen LogP contribution in [0.3, 0.4) is 0 Å². The Hall–Kier alpha value is -1.77. The molecule has 0 aliphatic heterocycles. The van der Waals surface area contributed by atoms with Crippen LogP contribution in [0, 0.1) is 13.8 Å². The molecule has 3 heteroatoms. The van der Waals surface area contributed by atoms with Gasteiger partial charge in [0.2, 0.25) is 0 Å². The lowest BCUT2D eigenvalue weighted by atomic mass is 10.1. The Balaban J connectivity index is 2.62. The highest BCUT2D eigenvalue weighted by Crippen LogP contribution is 2.22. The fraction of sp³-hybridized carbons (Fsp3) is 0.250. The summed E-state index contributed by atoms with van der Waals surface area (Å²) in [5.41, 5.74) is 3.91. The summed E-state index contributed by atoms with van der Waals surface area (Å²) in [7, 11) is 1.39. The number of hydrogen-bond acceptors (Lipinski definition) is 2. The molecule has 0 aliphatic carbocycles. The number of aryl methyl sites for hydroxylation is 2. The number of rotatable bonds is 1. The van der Waals surface area contributed by atoms with Crippen LogP contribution in [0.25, 0.3) is 10.9 Å². The molecule has 0 saturated carbocycles. The van der Waals surface area contributed by atoms with Crippen LogP contribution in [0.15, 0.2) is 18.2 Å². The van der Waals surface area contributed by atoms with Crippen LogP contribution in [-0.2, 0) is 4.74 Å². The summed E-state index contributed by atoms with van der Waals surface area (Å²) in [4.78, 5) is 14.6. The average molecular weight is 203 g/mol. The number of aromatic nitrogens is 1. The molecule has 1 heterocycles. The number of esters is 1. The molecular formula is C12H13NO2. The molecule has 0 radical (unpaired) electrons. The predicted octanol–water partition coefficient (Wildman–Crippen LogP) is 2.57. The standard InChI is InChI=1S/C12H13NO2/c1-7-8(2)13-11-6-9(12(14)15-3)4-5-10(7)11/h4-6,13H,1-3H3. The summed E-state index contributed by atoms with van der Waals surface area (Å²) >= 11 is 0. The van der Waals surface area contributed by atoms with Gasteiger partial charge < -0.3 is 9.72 Å². The highest BCUT2D eigenvalue weighted by atomic mass is 16.5. The van der Waals surface area contributed by atoms with Gasteiger partial charge in [-0.25, -0.2) is 4.79 Å². The molecule has 0 unspecified atom stereocenters. The lowest BCUT2D eigenvalue weighted by Crippen LogP contribution is -2.00. The van der Waals surface area contributed by atoms with E-state index >= 15 is 0 Å². The zero-order valence-electron chi connectivity index (χ0n) is 9.05. The van der Waals surface area contributed by atoms with Crippen LogP contribution in [0.2, 0.25) is 0 Å². The minimum Gasteiger partial charge on any atom is -0.465 e. The zero-order valence-corrected chi connectivity index (χ0v) is 9.05. The molecule has 78 valence electrons. The summed E-state index contributed by atoms with van der Waals surface area (Å²) < 4.78 is 4.67. The van der Waals surface area contributed by atoms with Crippen LogP contribution in [0.5, 0.6) is 0 Å². The van der Waals surface area contributed by atoms with E-state index in [-0.39, 0.29) is 5.97 Å². The van der Waals surface area contributed by atoms with Crippen LogP contribution in [0.4, 0.5) is 0 Å². The monoisotopic (exact) mass is 203 g/mol. The summed E-state index contributed by atoms with van der Waals surface area (Å²) in [6, 6.07) is 5.55. The second-order valence-corrected chi connectivity index (χ2v) is 3.63. The molecule has 2 rings (SSSR count). The van der Waals surface area contributed by atoms with E-state index in [1.807, 2.05) is 19.1 Å². The Morgan fingerprint density at radius 1 is 1.33 bits per heavy atom. The van der Waals surface area contributed by atoms with Crippen molar-refractivity contribution in [3.8, 4) is 0 Å². The third-order valence-corrected chi connectivity index (χ3v) is 2.73. The molecule has 0 atom stereocenters. The van der Waals surface area contributed by atoms with Gasteiger partial charge in [0.1, 0.15) is 0 Å². The second-order valence-electron chi connectivity index (χ2n) is 3.63. The van der Waals surface area contributed by atoms with Gasteiger partial charge in [0.05, 0.1) is 12.7 Å². The summed E-state index contributed by atoms with van der Waals surface area (Å²) in [5, 5.41) is 1.15. The Morgan fingerprint density at radius 2 is 2.07 bits per heavy atom. The lowest BCUT2D eigenvalue weighted by Gasteiger charge is -1.98. The lowest BCUT2D eigenvalue weighted by molar-refractivity contribution is 0.0601. The van der Waals surface area contributed by atoms with Crippen LogP contribution in [0.1, 0.15) is 21.6 Å². The van der Waals surface area contributed by atoms with Crippen molar-refractivity contribution < 1.29 is 9.53 Å². The summed E-state index contributed by atoms with van der Waals surface area (Å²) in [6.07, 6.45) is 0. The second kappa shape index (κ2) is 3.42.